The zero-order valence-electron chi connectivity index (χ0n) is 12.9. The summed E-state index contributed by atoms with van der Waals surface area (Å²) >= 11 is 0. The number of benzene rings is 2. The Morgan fingerprint density at radius 2 is 1.79 bits per heavy atom. The number of rotatable bonds is 5. The fraction of sp³-hybridized carbons (Fsp3) is 0.167. The van der Waals surface area contributed by atoms with Crippen molar-refractivity contribution in [3.63, 3.8) is 0 Å². The van der Waals surface area contributed by atoms with Gasteiger partial charge >= 0.3 is 5.97 Å². The summed E-state index contributed by atoms with van der Waals surface area (Å²) in [6.45, 7) is 0. The van der Waals surface area contributed by atoms with Gasteiger partial charge in [-0.1, -0.05) is 24.3 Å². The van der Waals surface area contributed by atoms with Crippen molar-refractivity contribution in [3.8, 4) is 23.6 Å². The highest BCUT2D eigenvalue weighted by molar-refractivity contribution is 5.70. The molecule has 0 amide bonds. The van der Waals surface area contributed by atoms with Gasteiger partial charge in [-0.15, -0.1) is 0 Å². The molecule has 0 aliphatic heterocycles. The molecular formula is C18H14N2O4. The number of carboxylic acids is 1. The minimum Gasteiger partial charge on any atom is -0.503 e. The predicted octanol–water partition coefficient (Wildman–Crippen LogP) is 2.36. The molecule has 0 bridgehead atoms. The Morgan fingerprint density at radius 3 is 2.29 bits per heavy atom. The van der Waals surface area contributed by atoms with E-state index in [1.807, 2.05) is 12.1 Å². The van der Waals surface area contributed by atoms with E-state index in [0.717, 1.165) is 5.56 Å². The van der Waals surface area contributed by atoms with E-state index in [1.54, 1.807) is 24.3 Å². The van der Waals surface area contributed by atoms with Gasteiger partial charge in [0.15, 0.2) is 11.5 Å². The van der Waals surface area contributed by atoms with Gasteiger partial charge in [0.2, 0.25) is 0 Å². The van der Waals surface area contributed by atoms with Gasteiger partial charge in [0, 0.05) is 12.5 Å². The van der Waals surface area contributed by atoms with Crippen LogP contribution < -0.4 is 4.74 Å². The largest absolute Gasteiger partial charge is 0.503 e. The van der Waals surface area contributed by atoms with Crippen molar-refractivity contribution in [2.75, 3.05) is 7.11 Å². The molecule has 24 heavy (non-hydrogen) atoms. The van der Waals surface area contributed by atoms with Crippen LogP contribution in [-0.4, -0.2) is 23.3 Å². The number of aromatic hydroxyl groups is 1. The van der Waals surface area contributed by atoms with Crippen molar-refractivity contribution in [2.24, 2.45) is 0 Å². The van der Waals surface area contributed by atoms with E-state index in [-0.39, 0.29) is 35.5 Å². The van der Waals surface area contributed by atoms with Crippen LogP contribution in [0.5, 0.6) is 11.5 Å². The molecule has 2 rings (SSSR count). The topological polar surface area (TPSA) is 114 Å². The highest BCUT2D eigenvalue weighted by Gasteiger charge is 2.18. The number of aliphatic carboxylic acids is 1. The van der Waals surface area contributed by atoms with Crippen LogP contribution in [-0.2, 0) is 17.6 Å². The molecule has 2 N–H and O–H groups in total. The van der Waals surface area contributed by atoms with E-state index >= 15 is 0 Å². The maximum atomic E-state index is 10.7. The van der Waals surface area contributed by atoms with Crippen molar-refractivity contribution in [1.82, 2.24) is 0 Å². The molecule has 0 aliphatic rings. The second-order valence-electron chi connectivity index (χ2n) is 5.12. The van der Waals surface area contributed by atoms with Crippen LogP contribution in [0.2, 0.25) is 0 Å². The van der Waals surface area contributed by atoms with E-state index in [1.165, 1.54) is 13.2 Å². The standard InChI is InChI=1S/C18H14N2O4/c1-24-16-8-13(9-19)14(15(10-20)18(16)23)6-11-2-4-12(5-3-11)7-17(21)22/h2-5,8,23H,6-7H2,1H3,(H,21,22). The first-order valence-corrected chi connectivity index (χ1v) is 7.02. The SMILES string of the molecule is COc1cc(C#N)c(Cc2ccc(CC(=O)O)cc2)c(C#N)c1O. The molecule has 0 heterocycles. The molecule has 0 saturated heterocycles. The minimum absolute atomic E-state index is 0.000475. The van der Waals surface area contributed by atoms with Crippen molar-refractivity contribution in [3.05, 3.63) is 58.1 Å². The third kappa shape index (κ3) is 3.45. The van der Waals surface area contributed by atoms with Gasteiger partial charge in [-0.3, -0.25) is 4.79 Å². The van der Waals surface area contributed by atoms with Crippen LogP contribution in [0.1, 0.15) is 27.8 Å². The lowest BCUT2D eigenvalue weighted by Crippen LogP contribution is -2.01. The van der Waals surface area contributed by atoms with Crippen LogP contribution in [0.15, 0.2) is 30.3 Å². The van der Waals surface area contributed by atoms with E-state index in [2.05, 4.69) is 0 Å². The third-order valence-corrected chi connectivity index (χ3v) is 3.58. The first-order chi connectivity index (χ1) is 11.5. The van der Waals surface area contributed by atoms with Crippen LogP contribution in [0.4, 0.5) is 0 Å². The average Bonchev–Trinajstić information content (AvgIpc) is 2.56. The summed E-state index contributed by atoms with van der Waals surface area (Å²) in [5, 5.41) is 37.5. The highest BCUT2D eigenvalue weighted by atomic mass is 16.5. The predicted molar refractivity (Wildman–Crippen MR) is 84.7 cm³/mol. The lowest BCUT2D eigenvalue weighted by Gasteiger charge is -2.12. The Morgan fingerprint density at radius 1 is 1.17 bits per heavy atom. The number of phenolic OH excluding ortho intramolecular Hbond substituents is 1. The average molecular weight is 322 g/mol. The van der Waals surface area contributed by atoms with Crippen LogP contribution in [0.3, 0.4) is 0 Å². The zero-order valence-corrected chi connectivity index (χ0v) is 12.9. The van der Waals surface area contributed by atoms with Crippen molar-refractivity contribution >= 4 is 5.97 Å². The third-order valence-electron chi connectivity index (χ3n) is 3.58. The fourth-order valence-corrected chi connectivity index (χ4v) is 2.40. The van der Waals surface area contributed by atoms with Gasteiger partial charge in [0.1, 0.15) is 11.6 Å². The summed E-state index contributed by atoms with van der Waals surface area (Å²) in [5.41, 5.74) is 2.10. The quantitative estimate of drug-likeness (QED) is 0.873. The summed E-state index contributed by atoms with van der Waals surface area (Å²) in [5.74, 6) is -1.14. The van der Waals surface area contributed by atoms with E-state index in [9.17, 15) is 20.4 Å². The van der Waals surface area contributed by atoms with E-state index in [4.69, 9.17) is 9.84 Å². The smallest absolute Gasteiger partial charge is 0.307 e. The van der Waals surface area contributed by atoms with Gasteiger partial charge in [-0.05, 0) is 16.7 Å². The number of carboxylic acid groups (broad SMARTS) is 1. The number of methoxy groups -OCH3 is 1. The van der Waals surface area contributed by atoms with Gasteiger partial charge in [0.25, 0.3) is 0 Å². The van der Waals surface area contributed by atoms with Gasteiger partial charge in [-0.2, -0.15) is 10.5 Å². The molecule has 2 aromatic carbocycles. The molecule has 0 saturated carbocycles. The highest BCUT2D eigenvalue weighted by Crippen LogP contribution is 2.35. The number of phenols is 1. The van der Waals surface area contributed by atoms with Gasteiger partial charge < -0.3 is 14.9 Å². The molecule has 6 nitrogen and oxygen atoms in total. The van der Waals surface area contributed by atoms with Crippen LogP contribution >= 0.6 is 0 Å². The van der Waals surface area contributed by atoms with Crippen LogP contribution in [0, 0.1) is 22.7 Å². The summed E-state index contributed by atoms with van der Waals surface area (Å²) in [7, 11) is 1.35. The summed E-state index contributed by atoms with van der Waals surface area (Å²) in [6.07, 6.45) is 0.188. The summed E-state index contributed by atoms with van der Waals surface area (Å²) in [6, 6.07) is 12.2. The maximum absolute atomic E-state index is 10.7. The molecule has 2 aromatic rings. The first kappa shape index (κ1) is 16.9. The number of nitrogens with zero attached hydrogens (tertiary/aromatic N) is 2. The molecule has 0 unspecified atom stereocenters. The van der Waals surface area contributed by atoms with Crippen molar-refractivity contribution in [2.45, 2.75) is 12.8 Å². The minimum atomic E-state index is -0.915. The summed E-state index contributed by atoms with van der Waals surface area (Å²) < 4.78 is 4.98. The normalized spacial score (nSPS) is 9.79. The number of hydrogen-bond donors (Lipinski definition) is 2. The molecule has 6 heteroatoms. The second-order valence-corrected chi connectivity index (χ2v) is 5.12. The number of ether oxygens (including phenoxy) is 1. The summed E-state index contributed by atoms with van der Waals surface area (Å²) in [4.78, 5) is 10.7. The monoisotopic (exact) mass is 322 g/mol. The molecule has 0 atom stereocenters. The van der Waals surface area contributed by atoms with Gasteiger partial charge in [0.05, 0.1) is 25.2 Å². The lowest BCUT2D eigenvalue weighted by atomic mass is 9.94. The van der Waals surface area contributed by atoms with Crippen LogP contribution in [0.25, 0.3) is 0 Å². The Bertz CT molecular complexity index is 859. The molecule has 0 aromatic heterocycles. The van der Waals surface area contributed by atoms with Crippen molar-refractivity contribution in [1.29, 1.82) is 10.5 Å². The Kier molecular flexibility index (Phi) is 5.03. The van der Waals surface area contributed by atoms with E-state index in [0.29, 0.717) is 11.1 Å². The fourth-order valence-electron chi connectivity index (χ4n) is 2.40. The Labute approximate surface area is 138 Å². The Balaban J connectivity index is 2.42. The second kappa shape index (κ2) is 7.17. The Hall–Kier alpha value is -3.51. The number of carbonyl (C=O) groups is 1. The maximum Gasteiger partial charge on any atom is 0.307 e. The first-order valence-electron chi connectivity index (χ1n) is 7.02. The van der Waals surface area contributed by atoms with E-state index < -0.39 is 5.97 Å². The molecule has 0 radical (unpaired) electrons. The number of hydrogen-bond acceptors (Lipinski definition) is 5. The molecule has 0 aliphatic carbocycles. The molecule has 0 fully saturated rings. The molecule has 120 valence electrons. The molecule has 0 spiro atoms. The lowest BCUT2D eigenvalue weighted by molar-refractivity contribution is -0.136. The number of nitriles is 2. The molecular weight excluding hydrogens is 308 g/mol. The zero-order chi connectivity index (χ0) is 17.7. The van der Waals surface area contributed by atoms with Gasteiger partial charge in [-0.25, -0.2) is 0 Å². The van der Waals surface area contributed by atoms with Crippen molar-refractivity contribution < 1.29 is 19.7 Å².